The molecule has 0 spiro atoms. The van der Waals surface area contributed by atoms with Crippen molar-refractivity contribution in [1.29, 1.82) is 0 Å². The maximum absolute atomic E-state index is 5.69. The minimum absolute atomic E-state index is 0.0862. The normalized spacial score (nSPS) is 10.7. The van der Waals surface area contributed by atoms with Gasteiger partial charge >= 0.3 is 0 Å². The number of thiocarbonyl (C=S) groups is 1. The number of benzene rings is 2. The minimum atomic E-state index is 0.0862. The number of ether oxygens (including phenoxy) is 2. The quantitative estimate of drug-likeness (QED) is 0.451. The summed E-state index contributed by atoms with van der Waals surface area (Å²) in [4.78, 5) is 0. The highest BCUT2D eigenvalue weighted by atomic mass is 32.1. The molecule has 0 fully saturated rings. The van der Waals surface area contributed by atoms with E-state index in [4.69, 9.17) is 21.7 Å². The molecule has 0 heterocycles. The van der Waals surface area contributed by atoms with Crippen molar-refractivity contribution in [2.24, 2.45) is 5.10 Å². The van der Waals surface area contributed by atoms with Crippen LogP contribution in [-0.4, -0.2) is 24.5 Å². The van der Waals surface area contributed by atoms with E-state index in [1.165, 1.54) is 0 Å². The van der Waals surface area contributed by atoms with Crippen LogP contribution >= 0.6 is 12.2 Å². The average Bonchev–Trinajstić information content (AvgIpc) is 2.61. The lowest BCUT2D eigenvalue weighted by atomic mass is 10.2. The molecule has 0 radical (unpaired) electrons. The fraction of sp³-hybridized carbons (Fsp3) is 0.263. The highest BCUT2D eigenvalue weighted by Crippen LogP contribution is 2.28. The first-order chi connectivity index (χ1) is 12.1. The maximum atomic E-state index is 5.69. The third-order valence-corrected chi connectivity index (χ3v) is 3.46. The van der Waals surface area contributed by atoms with E-state index in [9.17, 15) is 0 Å². The zero-order valence-electron chi connectivity index (χ0n) is 14.7. The fourth-order valence-electron chi connectivity index (χ4n) is 2.10. The number of rotatable bonds is 7. The van der Waals surface area contributed by atoms with Gasteiger partial charge in [-0.3, -0.25) is 5.43 Å². The molecule has 0 atom stereocenters. The Morgan fingerprint density at radius 3 is 2.60 bits per heavy atom. The Balaban J connectivity index is 1.87. The Labute approximate surface area is 154 Å². The SMILES string of the molecule is COc1cc(/C=N/NC(=S)NCc2ccccc2)ccc1OC(C)C. The van der Waals surface area contributed by atoms with Gasteiger partial charge in [0.05, 0.1) is 19.4 Å². The lowest BCUT2D eigenvalue weighted by Gasteiger charge is -2.13. The summed E-state index contributed by atoms with van der Waals surface area (Å²) in [6, 6.07) is 15.7. The Morgan fingerprint density at radius 2 is 1.92 bits per heavy atom. The molecule has 132 valence electrons. The molecule has 0 bridgehead atoms. The third kappa shape index (κ3) is 6.43. The number of hydrazone groups is 1. The van der Waals surface area contributed by atoms with Crippen LogP contribution in [0.5, 0.6) is 11.5 Å². The largest absolute Gasteiger partial charge is 0.493 e. The van der Waals surface area contributed by atoms with Crippen LogP contribution in [0.15, 0.2) is 53.6 Å². The number of hydrogen-bond donors (Lipinski definition) is 2. The van der Waals surface area contributed by atoms with Gasteiger partial charge in [-0.2, -0.15) is 5.10 Å². The summed E-state index contributed by atoms with van der Waals surface area (Å²) in [5.74, 6) is 1.38. The van der Waals surface area contributed by atoms with Crippen molar-refractivity contribution in [3.63, 3.8) is 0 Å². The Morgan fingerprint density at radius 1 is 1.16 bits per heavy atom. The van der Waals surface area contributed by atoms with Crippen LogP contribution in [0.4, 0.5) is 0 Å². The van der Waals surface area contributed by atoms with E-state index in [-0.39, 0.29) is 6.10 Å². The van der Waals surface area contributed by atoms with Gasteiger partial charge in [0, 0.05) is 6.54 Å². The monoisotopic (exact) mass is 357 g/mol. The Hall–Kier alpha value is -2.60. The van der Waals surface area contributed by atoms with Crippen molar-refractivity contribution in [2.75, 3.05) is 7.11 Å². The second kappa shape index (κ2) is 9.64. The van der Waals surface area contributed by atoms with Gasteiger partial charge in [-0.25, -0.2) is 0 Å². The highest BCUT2D eigenvalue weighted by Gasteiger charge is 2.06. The molecule has 2 N–H and O–H groups in total. The molecule has 2 rings (SSSR count). The summed E-state index contributed by atoms with van der Waals surface area (Å²) in [6.07, 6.45) is 1.76. The van der Waals surface area contributed by atoms with E-state index in [1.54, 1.807) is 13.3 Å². The van der Waals surface area contributed by atoms with E-state index in [1.807, 2.05) is 62.4 Å². The summed E-state index contributed by atoms with van der Waals surface area (Å²) >= 11 is 5.20. The third-order valence-electron chi connectivity index (χ3n) is 3.23. The predicted molar refractivity (Wildman–Crippen MR) is 105 cm³/mol. The number of hydrogen-bond acceptors (Lipinski definition) is 4. The van der Waals surface area contributed by atoms with Gasteiger partial charge in [0.15, 0.2) is 16.6 Å². The van der Waals surface area contributed by atoms with E-state index >= 15 is 0 Å². The van der Waals surface area contributed by atoms with Gasteiger partial charge in [0.2, 0.25) is 0 Å². The van der Waals surface area contributed by atoms with Crippen molar-refractivity contribution in [1.82, 2.24) is 10.7 Å². The molecule has 6 heteroatoms. The van der Waals surface area contributed by atoms with Gasteiger partial charge in [-0.1, -0.05) is 30.3 Å². The molecule has 2 aromatic rings. The van der Waals surface area contributed by atoms with Gasteiger partial charge in [0.25, 0.3) is 0 Å². The number of methoxy groups -OCH3 is 1. The number of nitrogens with one attached hydrogen (secondary N) is 2. The summed E-state index contributed by atoms with van der Waals surface area (Å²) < 4.78 is 11.0. The van der Waals surface area contributed by atoms with Crippen molar-refractivity contribution in [3.8, 4) is 11.5 Å². The standard InChI is InChI=1S/C19H23N3O2S/c1-14(2)24-17-10-9-16(11-18(17)23-3)13-21-22-19(25)20-12-15-7-5-4-6-8-15/h4-11,13-14H,12H2,1-3H3,(H2,20,22,25)/b21-13+. The summed E-state index contributed by atoms with van der Waals surface area (Å²) in [5.41, 5.74) is 4.84. The Bertz CT molecular complexity index is 718. The zero-order chi connectivity index (χ0) is 18.1. The Kier molecular flexibility index (Phi) is 7.22. The molecular weight excluding hydrogens is 334 g/mol. The lowest BCUT2D eigenvalue weighted by molar-refractivity contribution is 0.230. The maximum Gasteiger partial charge on any atom is 0.187 e. The van der Waals surface area contributed by atoms with E-state index < -0.39 is 0 Å². The molecule has 5 nitrogen and oxygen atoms in total. The van der Waals surface area contributed by atoms with Gasteiger partial charge in [-0.05, 0) is 55.4 Å². The van der Waals surface area contributed by atoms with Crippen LogP contribution in [0.2, 0.25) is 0 Å². The highest BCUT2D eigenvalue weighted by molar-refractivity contribution is 7.80. The van der Waals surface area contributed by atoms with Crippen molar-refractivity contribution in [3.05, 3.63) is 59.7 Å². The molecule has 0 aliphatic heterocycles. The van der Waals surface area contributed by atoms with Crippen LogP contribution in [0, 0.1) is 0 Å². The number of nitrogens with zero attached hydrogens (tertiary/aromatic N) is 1. The van der Waals surface area contributed by atoms with Crippen LogP contribution in [0.1, 0.15) is 25.0 Å². The first kappa shape index (κ1) is 18.7. The van der Waals surface area contributed by atoms with Crippen molar-refractivity contribution < 1.29 is 9.47 Å². The van der Waals surface area contributed by atoms with Crippen molar-refractivity contribution >= 4 is 23.5 Å². The second-order valence-electron chi connectivity index (χ2n) is 5.62. The average molecular weight is 357 g/mol. The van der Waals surface area contributed by atoms with Crippen LogP contribution in [-0.2, 0) is 6.54 Å². The molecule has 0 unspecified atom stereocenters. The van der Waals surface area contributed by atoms with Crippen LogP contribution in [0.25, 0.3) is 0 Å². The van der Waals surface area contributed by atoms with Crippen LogP contribution in [0.3, 0.4) is 0 Å². The predicted octanol–water partition coefficient (Wildman–Crippen LogP) is 3.48. The van der Waals surface area contributed by atoms with E-state index in [0.717, 1.165) is 11.1 Å². The minimum Gasteiger partial charge on any atom is -0.493 e. The summed E-state index contributed by atoms with van der Waals surface area (Å²) in [5, 5.41) is 7.71. The first-order valence-electron chi connectivity index (χ1n) is 8.04. The molecule has 0 aliphatic carbocycles. The van der Waals surface area contributed by atoms with Gasteiger partial charge in [0.1, 0.15) is 0 Å². The lowest BCUT2D eigenvalue weighted by Crippen LogP contribution is -2.31. The molecule has 0 saturated heterocycles. The summed E-state index contributed by atoms with van der Waals surface area (Å²) in [7, 11) is 1.62. The van der Waals surface area contributed by atoms with E-state index in [2.05, 4.69) is 15.8 Å². The van der Waals surface area contributed by atoms with E-state index in [0.29, 0.717) is 23.2 Å². The molecule has 0 aliphatic rings. The van der Waals surface area contributed by atoms with Crippen LogP contribution < -0.4 is 20.2 Å². The van der Waals surface area contributed by atoms with Gasteiger partial charge in [-0.15, -0.1) is 0 Å². The van der Waals surface area contributed by atoms with Gasteiger partial charge < -0.3 is 14.8 Å². The molecule has 0 saturated carbocycles. The zero-order valence-corrected chi connectivity index (χ0v) is 15.5. The molecule has 25 heavy (non-hydrogen) atoms. The fourth-order valence-corrected chi connectivity index (χ4v) is 2.22. The first-order valence-corrected chi connectivity index (χ1v) is 8.45. The molecule has 0 amide bonds. The van der Waals surface area contributed by atoms with Crippen molar-refractivity contribution in [2.45, 2.75) is 26.5 Å². The smallest absolute Gasteiger partial charge is 0.187 e. The topological polar surface area (TPSA) is 54.9 Å². The molecular formula is C19H23N3O2S. The second-order valence-corrected chi connectivity index (χ2v) is 6.02. The molecule has 0 aromatic heterocycles. The summed E-state index contributed by atoms with van der Waals surface area (Å²) in [6.45, 7) is 4.60. The molecule has 2 aromatic carbocycles.